The molecule has 72 valence electrons. The molecule has 1 aromatic carbocycles. The average Bonchev–Trinajstić information content (AvgIpc) is 2.71. The lowest BCUT2D eigenvalue weighted by atomic mass is 10.1. The van der Waals surface area contributed by atoms with Gasteiger partial charge in [0, 0.05) is 12.1 Å². The van der Waals surface area contributed by atoms with Crippen LogP contribution in [-0.2, 0) is 6.54 Å². The number of rotatable bonds is 3. The number of nitrogens with one attached hydrogen (secondary N) is 2. The van der Waals surface area contributed by atoms with Gasteiger partial charge in [0.1, 0.15) is 0 Å². The second kappa shape index (κ2) is 3.95. The van der Waals surface area contributed by atoms with Crippen molar-refractivity contribution in [2.75, 3.05) is 0 Å². The fourth-order valence-corrected chi connectivity index (χ4v) is 1.20. The molecule has 0 spiro atoms. The molecule has 6 nitrogen and oxygen atoms in total. The molecule has 0 saturated heterocycles. The highest BCUT2D eigenvalue weighted by atomic mass is 16.5. The Morgan fingerprint density at radius 1 is 1.43 bits per heavy atom. The number of nitrogens with zero attached hydrogens (tertiary/aromatic N) is 3. The zero-order chi connectivity index (χ0) is 9.80. The lowest BCUT2D eigenvalue weighted by Gasteiger charge is -2.00. The molecular weight excluding hydrogens is 182 g/mol. The standard InChI is InChI=1S/C8H9N5O/c14-9-5-6-2-1-3-7(4-6)8-10-12-13-11-8/h1-4,9,14H,5H2,(H,10,11,12,13). The first kappa shape index (κ1) is 8.79. The third-order valence-electron chi connectivity index (χ3n) is 1.81. The van der Waals surface area contributed by atoms with Crippen LogP contribution in [0, 0.1) is 0 Å². The molecule has 14 heavy (non-hydrogen) atoms. The van der Waals surface area contributed by atoms with Crippen LogP contribution in [0.5, 0.6) is 0 Å². The third-order valence-corrected chi connectivity index (χ3v) is 1.81. The van der Waals surface area contributed by atoms with Crippen LogP contribution in [-0.4, -0.2) is 25.8 Å². The number of hydrogen-bond donors (Lipinski definition) is 3. The molecule has 0 unspecified atom stereocenters. The predicted octanol–water partition coefficient (Wildman–Crippen LogP) is 0.345. The van der Waals surface area contributed by atoms with E-state index in [1.54, 1.807) is 0 Å². The van der Waals surface area contributed by atoms with E-state index in [9.17, 15) is 0 Å². The van der Waals surface area contributed by atoms with Gasteiger partial charge in [-0.25, -0.2) is 5.48 Å². The molecule has 0 aliphatic rings. The summed E-state index contributed by atoms with van der Waals surface area (Å²) in [6.45, 7) is 0.395. The monoisotopic (exact) mass is 191 g/mol. The van der Waals surface area contributed by atoms with Gasteiger partial charge >= 0.3 is 0 Å². The average molecular weight is 191 g/mol. The van der Waals surface area contributed by atoms with Crippen molar-refractivity contribution in [1.29, 1.82) is 0 Å². The first-order valence-electron chi connectivity index (χ1n) is 4.10. The van der Waals surface area contributed by atoms with Crippen molar-refractivity contribution in [3.63, 3.8) is 0 Å². The molecule has 0 aliphatic carbocycles. The predicted molar refractivity (Wildman–Crippen MR) is 48.2 cm³/mol. The number of aromatic amines is 1. The van der Waals surface area contributed by atoms with Crippen LogP contribution >= 0.6 is 0 Å². The molecule has 2 aromatic rings. The van der Waals surface area contributed by atoms with E-state index in [1.807, 2.05) is 24.3 Å². The number of H-pyrrole nitrogens is 1. The Morgan fingerprint density at radius 3 is 3.07 bits per heavy atom. The molecule has 3 N–H and O–H groups in total. The van der Waals surface area contributed by atoms with Crippen molar-refractivity contribution < 1.29 is 5.21 Å². The van der Waals surface area contributed by atoms with Gasteiger partial charge in [-0.3, -0.25) is 0 Å². The first-order valence-corrected chi connectivity index (χ1v) is 4.10. The fourth-order valence-electron chi connectivity index (χ4n) is 1.20. The summed E-state index contributed by atoms with van der Waals surface area (Å²) in [7, 11) is 0. The van der Waals surface area contributed by atoms with Gasteiger partial charge in [0.2, 0.25) is 5.82 Å². The van der Waals surface area contributed by atoms with E-state index < -0.39 is 0 Å². The molecule has 2 rings (SSSR count). The Hall–Kier alpha value is -1.79. The highest BCUT2D eigenvalue weighted by Gasteiger charge is 2.02. The molecule has 0 fully saturated rings. The second-order valence-electron chi connectivity index (χ2n) is 2.77. The van der Waals surface area contributed by atoms with Crippen LogP contribution in [0.2, 0.25) is 0 Å². The van der Waals surface area contributed by atoms with Crippen molar-refractivity contribution in [2.45, 2.75) is 6.54 Å². The molecule has 0 bridgehead atoms. The van der Waals surface area contributed by atoms with Crippen LogP contribution in [0.1, 0.15) is 5.56 Å². The number of hydrogen-bond acceptors (Lipinski definition) is 5. The van der Waals surface area contributed by atoms with E-state index >= 15 is 0 Å². The summed E-state index contributed by atoms with van der Waals surface area (Å²) < 4.78 is 0. The van der Waals surface area contributed by atoms with Gasteiger partial charge in [0.05, 0.1) is 0 Å². The fraction of sp³-hybridized carbons (Fsp3) is 0.125. The Balaban J connectivity index is 2.31. The largest absolute Gasteiger partial charge is 0.316 e. The van der Waals surface area contributed by atoms with E-state index in [1.165, 1.54) is 0 Å². The van der Waals surface area contributed by atoms with E-state index in [-0.39, 0.29) is 0 Å². The summed E-state index contributed by atoms with van der Waals surface area (Å²) in [4.78, 5) is 0. The van der Waals surface area contributed by atoms with Gasteiger partial charge in [-0.2, -0.15) is 5.21 Å². The Bertz CT molecular complexity index is 400. The lowest BCUT2D eigenvalue weighted by Crippen LogP contribution is -2.05. The number of tetrazole rings is 1. The zero-order valence-electron chi connectivity index (χ0n) is 7.31. The zero-order valence-corrected chi connectivity index (χ0v) is 7.31. The van der Waals surface area contributed by atoms with Crippen molar-refractivity contribution in [3.05, 3.63) is 29.8 Å². The van der Waals surface area contributed by atoms with E-state index in [4.69, 9.17) is 5.21 Å². The minimum absolute atomic E-state index is 0.395. The molecule has 0 atom stereocenters. The normalized spacial score (nSPS) is 10.4. The Labute approximate surface area is 79.9 Å². The van der Waals surface area contributed by atoms with Crippen molar-refractivity contribution in [2.24, 2.45) is 0 Å². The maximum Gasteiger partial charge on any atom is 0.204 e. The second-order valence-corrected chi connectivity index (χ2v) is 2.77. The quantitative estimate of drug-likeness (QED) is 0.609. The summed E-state index contributed by atoms with van der Waals surface area (Å²) >= 11 is 0. The van der Waals surface area contributed by atoms with Crippen LogP contribution < -0.4 is 5.48 Å². The van der Waals surface area contributed by atoms with Gasteiger partial charge in [0.25, 0.3) is 0 Å². The van der Waals surface area contributed by atoms with Gasteiger partial charge in [-0.15, -0.1) is 10.2 Å². The maximum atomic E-state index is 8.54. The number of benzene rings is 1. The minimum atomic E-state index is 0.395. The van der Waals surface area contributed by atoms with Crippen LogP contribution in [0.3, 0.4) is 0 Å². The molecule has 0 aliphatic heterocycles. The van der Waals surface area contributed by atoms with Crippen LogP contribution in [0.4, 0.5) is 0 Å². The van der Waals surface area contributed by atoms with E-state index in [2.05, 4.69) is 26.1 Å². The molecular formula is C8H9N5O. The van der Waals surface area contributed by atoms with Gasteiger partial charge in [-0.05, 0) is 16.8 Å². The summed E-state index contributed by atoms with van der Waals surface area (Å²) in [6, 6.07) is 7.53. The highest BCUT2D eigenvalue weighted by molar-refractivity contribution is 5.54. The maximum absolute atomic E-state index is 8.54. The minimum Gasteiger partial charge on any atom is -0.316 e. The highest BCUT2D eigenvalue weighted by Crippen LogP contribution is 2.14. The summed E-state index contributed by atoms with van der Waals surface area (Å²) in [6.07, 6.45) is 0. The van der Waals surface area contributed by atoms with Crippen molar-refractivity contribution in [3.8, 4) is 11.4 Å². The molecule has 0 amide bonds. The molecule has 6 heteroatoms. The van der Waals surface area contributed by atoms with Crippen LogP contribution in [0.25, 0.3) is 11.4 Å². The van der Waals surface area contributed by atoms with Crippen molar-refractivity contribution in [1.82, 2.24) is 26.1 Å². The summed E-state index contributed by atoms with van der Waals surface area (Å²) in [5.74, 6) is 0.546. The molecule has 0 radical (unpaired) electrons. The van der Waals surface area contributed by atoms with Gasteiger partial charge < -0.3 is 5.21 Å². The van der Waals surface area contributed by atoms with Crippen molar-refractivity contribution >= 4 is 0 Å². The number of hydroxylamine groups is 1. The first-order chi connectivity index (χ1) is 6.90. The molecule has 0 saturated carbocycles. The molecule has 1 aromatic heterocycles. The summed E-state index contributed by atoms with van der Waals surface area (Å²) in [5, 5.41) is 22.1. The summed E-state index contributed by atoms with van der Waals surface area (Å²) in [5.41, 5.74) is 3.91. The Morgan fingerprint density at radius 2 is 2.36 bits per heavy atom. The molecule has 1 heterocycles. The van der Waals surface area contributed by atoms with E-state index in [0.29, 0.717) is 12.4 Å². The topological polar surface area (TPSA) is 86.7 Å². The van der Waals surface area contributed by atoms with E-state index in [0.717, 1.165) is 11.1 Å². The Kier molecular flexibility index (Phi) is 2.48. The number of aromatic nitrogens is 4. The third kappa shape index (κ3) is 1.76. The lowest BCUT2D eigenvalue weighted by molar-refractivity contribution is 0.161. The van der Waals surface area contributed by atoms with Gasteiger partial charge in [-0.1, -0.05) is 18.2 Å². The van der Waals surface area contributed by atoms with Crippen LogP contribution in [0.15, 0.2) is 24.3 Å². The SMILES string of the molecule is ONCc1cccc(-c2nn[nH]n2)c1. The van der Waals surface area contributed by atoms with Gasteiger partial charge in [0.15, 0.2) is 0 Å². The smallest absolute Gasteiger partial charge is 0.204 e.